The van der Waals surface area contributed by atoms with Gasteiger partial charge in [0.2, 0.25) is 11.8 Å². The van der Waals surface area contributed by atoms with Crippen LogP contribution in [-0.4, -0.2) is 156 Å². The average Bonchev–Trinajstić information content (AvgIpc) is 1.66. The number of aromatic carboxylic acids is 1. The van der Waals surface area contributed by atoms with E-state index in [1.807, 2.05) is 56.1 Å². The molecule has 6 N–H and O–H groups in total. The maximum absolute atomic E-state index is 13.2. The normalized spacial score (nSPS) is 18.5. The lowest BCUT2D eigenvalue weighted by atomic mass is 9.95. The molecular formula is C74H102Cl2N14O13S2. The number of carbonyl (C=O) groups excluding carboxylic acids is 3. The smallest absolute Gasteiger partial charge is 0.410 e. The van der Waals surface area contributed by atoms with Crippen molar-refractivity contribution in [2.45, 2.75) is 229 Å². The first-order chi connectivity index (χ1) is 49.5. The number of anilines is 2. The maximum atomic E-state index is 13.2. The van der Waals surface area contributed by atoms with E-state index < -0.39 is 43.1 Å². The number of nitrogens with one attached hydrogen (secondary N) is 3. The van der Waals surface area contributed by atoms with E-state index in [0.29, 0.717) is 67.8 Å². The predicted octanol–water partition coefficient (Wildman–Crippen LogP) is 13.9. The summed E-state index contributed by atoms with van der Waals surface area (Å²) in [4.78, 5) is 70.0. The molecule has 2 atom stereocenters. The molecule has 6 aromatic rings. The van der Waals surface area contributed by atoms with Crippen LogP contribution >= 0.6 is 23.2 Å². The highest BCUT2D eigenvalue weighted by Crippen LogP contribution is 2.52. The van der Waals surface area contributed by atoms with Gasteiger partial charge in [0.05, 0.1) is 24.3 Å². The Morgan fingerprint density at radius 2 is 0.971 bits per heavy atom. The first kappa shape index (κ1) is 79.7. The predicted molar refractivity (Wildman–Crippen MR) is 398 cm³/mol. The molecule has 0 aromatic carbocycles. The standard InChI is InChI=1S/C37H50ClN7O6S.C19H32N4O4S.C18H20ClN3O3/c1-36(2,3)51-35(47)45-26(17-20-37(45,4)5)8-7-21-39-29-9-6-10-32(40-29)52(48,49)43-34(46)28-15-16-30(41-33(28)38)44-22-18-31(42-44)50-23-19-27(24-11-12-24)25-13-14-25;1-18(2,3)27-17(24)23-14(11-12-19(23,4)5)8-7-13-21-15-9-6-10-16(22-15)28(20,25)26;19-17-14(18(23)24)5-6-15(20-17)22-9-7-16(21-22)25-10-8-13(11-1-2-11)12-3-4-12/h6,9-10,15-16,18,22,24-27H,7-8,11-14,17,19-21,23H2,1-5H3,(H,39,40)(H,43,46);6,9-10,14H,7-8,11-13H2,1-5H3,(H,21,22)(H2,20,25,26);5-7,9,11-13H,1-4,8,10H2,(H,23,24). The van der Waals surface area contributed by atoms with Crippen LogP contribution in [0.5, 0.6) is 11.8 Å². The molecule has 0 spiro atoms. The Morgan fingerprint density at radius 3 is 1.35 bits per heavy atom. The summed E-state index contributed by atoms with van der Waals surface area (Å²) in [6.45, 7) is 21.8. The Morgan fingerprint density at radius 1 is 0.571 bits per heavy atom. The van der Waals surface area contributed by atoms with Gasteiger partial charge in [-0.3, -0.25) is 4.79 Å². The molecule has 4 aliphatic carbocycles. The second kappa shape index (κ2) is 33.5. The quantitative estimate of drug-likeness (QED) is 0.0215. The molecule has 6 aliphatic rings. The highest BCUT2D eigenvalue weighted by Gasteiger charge is 2.46. The maximum Gasteiger partial charge on any atom is 0.410 e. The van der Waals surface area contributed by atoms with E-state index in [1.54, 1.807) is 54.9 Å². The van der Waals surface area contributed by atoms with Crippen molar-refractivity contribution < 1.29 is 60.1 Å². The average molecular weight is 1530 g/mol. The summed E-state index contributed by atoms with van der Waals surface area (Å²) in [6.07, 6.45) is 22.6. The molecule has 572 valence electrons. The Labute approximate surface area is 626 Å². The van der Waals surface area contributed by atoms with Crippen molar-refractivity contribution in [3.05, 3.63) is 107 Å². The Kier molecular flexibility index (Phi) is 25.4. The molecule has 3 amide bonds. The molecule has 4 saturated carbocycles. The molecule has 12 rings (SSSR count). The molecule has 6 fully saturated rings. The van der Waals surface area contributed by atoms with Gasteiger partial charge < -0.3 is 44.5 Å². The van der Waals surface area contributed by atoms with Crippen LogP contribution in [0, 0.1) is 35.5 Å². The number of carboxylic acid groups (broad SMARTS) is 1. The second-order valence-electron chi connectivity index (χ2n) is 31.5. The highest BCUT2D eigenvalue weighted by molar-refractivity contribution is 7.90. The van der Waals surface area contributed by atoms with Crippen molar-refractivity contribution in [1.82, 2.24) is 54.0 Å². The van der Waals surface area contributed by atoms with Gasteiger partial charge in [0.15, 0.2) is 21.7 Å². The number of amides is 3. The van der Waals surface area contributed by atoms with E-state index in [9.17, 15) is 36.0 Å². The SMILES string of the molecule is CC(C)(C)OC(=O)N1C(CCCNc2cccc(S(=O)(=O)NC(=O)c3ccc(-n4ccc(OCCC(C5CC5)C5CC5)n4)nc3Cl)n2)CCC1(C)C.CC(C)(C)OC(=O)N1C(CCCNc2cccc(S(N)(=O)=O)n2)CCC1(C)C.O=C(O)c1ccc(-n2ccc(OCCC(C3CC3)C3CC3)n2)nc1Cl. The van der Waals surface area contributed by atoms with Crippen molar-refractivity contribution >= 4 is 78.9 Å². The first-order valence-electron chi connectivity index (χ1n) is 36.5. The van der Waals surface area contributed by atoms with Gasteiger partial charge in [0.1, 0.15) is 33.1 Å². The summed E-state index contributed by atoms with van der Waals surface area (Å²) >= 11 is 12.3. The molecule has 31 heteroatoms. The number of ether oxygens (including phenoxy) is 4. The lowest BCUT2D eigenvalue weighted by Crippen LogP contribution is -2.49. The zero-order valence-corrected chi connectivity index (χ0v) is 64.9. The van der Waals surface area contributed by atoms with Crippen LogP contribution in [0.3, 0.4) is 0 Å². The van der Waals surface area contributed by atoms with E-state index in [2.05, 4.69) is 68.5 Å². The minimum Gasteiger partial charge on any atom is -0.478 e. The van der Waals surface area contributed by atoms with E-state index in [1.165, 1.54) is 91.1 Å². The minimum atomic E-state index is -4.34. The van der Waals surface area contributed by atoms with Crippen LogP contribution in [-0.2, 0) is 29.5 Å². The van der Waals surface area contributed by atoms with Gasteiger partial charge in [-0.05, 0) is 269 Å². The Hall–Kier alpha value is -7.86. The van der Waals surface area contributed by atoms with Gasteiger partial charge in [0, 0.05) is 60.8 Å². The van der Waals surface area contributed by atoms with E-state index in [-0.39, 0.29) is 66.8 Å². The van der Waals surface area contributed by atoms with Gasteiger partial charge in [-0.1, -0.05) is 35.3 Å². The lowest BCUT2D eigenvalue weighted by molar-refractivity contribution is 0.00168. The highest BCUT2D eigenvalue weighted by atomic mass is 35.5. The Bertz CT molecular complexity index is 4240. The molecule has 27 nitrogen and oxygen atoms in total. The fourth-order valence-corrected chi connectivity index (χ4v) is 15.9. The van der Waals surface area contributed by atoms with Gasteiger partial charge in [0.25, 0.3) is 26.0 Å². The van der Waals surface area contributed by atoms with Crippen LogP contribution in [0.2, 0.25) is 10.3 Å². The van der Waals surface area contributed by atoms with E-state index in [4.69, 9.17) is 52.4 Å². The van der Waals surface area contributed by atoms with Crippen LogP contribution in [0.4, 0.5) is 21.2 Å². The summed E-state index contributed by atoms with van der Waals surface area (Å²) in [5.41, 5.74) is -1.79. The fourth-order valence-electron chi connectivity index (χ4n) is 14.0. The molecule has 2 unspecified atom stereocenters. The van der Waals surface area contributed by atoms with Crippen molar-refractivity contribution in [3.63, 3.8) is 0 Å². The summed E-state index contributed by atoms with van der Waals surface area (Å²) in [5.74, 6) is 5.74. The molecule has 0 radical (unpaired) electrons. The molecule has 0 bridgehead atoms. The largest absolute Gasteiger partial charge is 0.478 e. The third kappa shape index (κ3) is 22.8. The summed E-state index contributed by atoms with van der Waals surface area (Å²) in [7, 11) is -8.16. The number of halogens is 2. The molecule has 2 aliphatic heterocycles. The van der Waals surface area contributed by atoms with Crippen LogP contribution in [0.25, 0.3) is 11.6 Å². The number of likely N-dealkylation sites (tertiary alicyclic amines) is 2. The topological polar surface area (TPSA) is 350 Å². The van der Waals surface area contributed by atoms with Crippen molar-refractivity contribution in [2.75, 3.05) is 36.9 Å². The minimum absolute atomic E-state index is 0.0276. The van der Waals surface area contributed by atoms with Gasteiger partial charge in [-0.25, -0.2) is 62.0 Å². The van der Waals surface area contributed by atoms with Crippen molar-refractivity contribution in [2.24, 2.45) is 40.6 Å². The molecule has 2 saturated heterocycles. The summed E-state index contributed by atoms with van der Waals surface area (Å²) in [6, 6.07) is 18.8. The fraction of sp³-hybridized carbons (Fsp3) is 0.595. The van der Waals surface area contributed by atoms with Crippen LogP contribution < -0.4 is 30.0 Å². The number of carbonyl (C=O) groups is 4. The van der Waals surface area contributed by atoms with Crippen LogP contribution in [0.15, 0.2) is 95.2 Å². The first-order valence-corrected chi connectivity index (χ1v) is 40.3. The number of nitrogens with two attached hydrogens (primary N) is 1. The van der Waals surface area contributed by atoms with Crippen molar-refractivity contribution in [3.8, 4) is 23.4 Å². The monoisotopic (exact) mass is 1530 g/mol. The molecular weight excluding hydrogens is 1430 g/mol. The molecule has 105 heavy (non-hydrogen) atoms. The van der Waals surface area contributed by atoms with Gasteiger partial charge in [-0.2, -0.15) is 8.42 Å². The zero-order chi connectivity index (χ0) is 75.8. The molecule has 8 heterocycles. The van der Waals surface area contributed by atoms with E-state index in [0.717, 1.165) is 93.3 Å². The number of aromatic nitrogens is 8. The number of primary sulfonamides is 1. The number of rotatable bonds is 29. The van der Waals surface area contributed by atoms with Crippen molar-refractivity contribution in [1.29, 1.82) is 0 Å². The zero-order valence-electron chi connectivity index (χ0n) is 61.7. The number of hydrogen-bond donors (Lipinski definition) is 5. The third-order valence-electron chi connectivity index (χ3n) is 19.7. The Balaban J connectivity index is 0.000000187. The third-order valence-corrected chi connectivity index (χ3v) is 22.3. The van der Waals surface area contributed by atoms with Crippen LogP contribution in [0.1, 0.15) is 206 Å². The number of hydrogen-bond acceptors (Lipinski definition) is 20. The number of pyridine rings is 4. The number of sulfonamides is 2. The number of nitrogens with zero attached hydrogens (tertiary/aromatic N) is 10. The lowest BCUT2D eigenvalue weighted by Gasteiger charge is -2.37. The van der Waals surface area contributed by atoms with Gasteiger partial charge in [-0.15, -0.1) is 10.2 Å². The second-order valence-corrected chi connectivity index (χ2v) is 35.4. The van der Waals surface area contributed by atoms with Gasteiger partial charge >= 0.3 is 18.2 Å². The number of carboxylic acids is 1. The summed E-state index contributed by atoms with van der Waals surface area (Å²) < 4.78 is 77.2. The van der Waals surface area contributed by atoms with E-state index >= 15 is 0 Å². The molecule has 6 aromatic heterocycles. The summed E-state index contributed by atoms with van der Waals surface area (Å²) in [5, 5.41) is 28.4.